The lowest BCUT2D eigenvalue weighted by Crippen LogP contribution is -2.31. The smallest absolute Gasteiger partial charge is 0.340 e. The van der Waals surface area contributed by atoms with Crippen molar-refractivity contribution in [2.45, 2.75) is 6.54 Å². The number of carbonyl (C=O) groups excluding carboxylic acids is 2. The molecule has 0 saturated carbocycles. The third-order valence-electron chi connectivity index (χ3n) is 4.07. The fourth-order valence-electron chi connectivity index (χ4n) is 2.61. The Bertz CT molecular complexity index is 958. The number of esters is 1. The number of para-hydroxylation sites is 2. The highest BCUT2D eigenvalue weighted by Crippen LogP contribution is 2.19. The van der Waals surface area contributed by atoms with Crippen LogP contribution in [-0.4, -0.2) is 57.7 Å². The number of nitrogens with zero attached hydrogens (tertiary/aromatic N) is 5. The predicted molar refractivity (Wildman–Crippen MR) is 98.9 cm³/mol. The highest BCUT2D eigenvalue weighted by molar-refractivity contribution is 5.94. The summed E-state index contributed by atoms with van der Waals surface area (Å²) in [6, 6.07) is 14.1. The Morgan fingerprint density at radius 3 is 2.61 bits per heavy atom. The van der Waals surface area contributed by atoms with Crippen molar-refractivity contribution in [1.82, 2.24) is 25.1 Å². The number of benzene rings is 2. The van der Waals surface area contributed by atoms with Gasteiger partial charge in [0.1, 0.15) is 12.1 Å². The van der Waals surface area contributed by atoms with Gasteiger partial charge in [-0.05, 0) is 28.6 Å². The lowest BCUT2D eigenvalue weighted by molar-refractivity contribution is -0.133. The number of carbonyl (C=O) groups is 2. The highest BCUT2D eigenvalue weighted by Gasteiger charge is 2.18. The summed E-state index contributed by atoms with van der Waals surface area (Å²) in [6.45, 7) is -0.0456. The molecule has 0 N–H and O–H groups in total. The van der Waals surface area contributed by atoms with Gasteiger partial charge >= 0.3 is 5.97 Å². The van der Waals surface area contributed by atoms with E-state index in [-0.39, 0.29) is 18.1 Å². The summed E-state index contributed by atoms with van der Waals surface area (Å²) in [7, 11) is 3.21. The molecule has 1 aromatic heterocycles. The molecule has 2 aromatic carbocycles. The van der Waals surface area contributed by atoms with Crippen LogP contribution in [-0.2, 0) is 16.1 Å². The van der Waals surface area contributed by atoms with E-state index >= 15 is 0 Å². The number of aromatic nitrogens is 4. The Morgan fingerprint density at radius 2 is 1.86 bits per heavy atom. The highest BCUT2D eigenvalue weighted by atomic mass is 16.5. The van der Waals surface area contributed by atoms with Crippen molar-refractivity contribution in [2.75, 3.05) is 20.8 Å². The van der Waals surface area contributed by atoms with E-state index < -0.39 is 5.97 Å². The number of ether oxygens (including phenoxy) is 2. The van der Waals surface area contributed by atoms with E-state index in [4.69, 9.17) is 9.47 Å². The molecule has 3 rings (SSSR count). The fraction of sp³-hybridized carbons (Fsp3) is 0.211. The van der Waals surface area contributed by atoms with E-state index in [0.717, 1.165) is 5.56 Å². The van der Waals surface area contributed by atoms with Crippen LogP contribution < -0.4 is 4.74 Å². The maximum atomic E-state index is 12.5. The third kappa shape index (κ3) is 4.32. The van der Waals surface area contributed by atoms with Crippen LogP contribution in [0.1, 0.15) is 15.9 Å². The lowest BCUT2D eigenvalue weighted by Gasteiger charge is -2.19. The molecule has 0 radical (unpaired) electrons. The average Bonchev–Trinajstić information content (AvgIpc) is 3.26. The van der Waals surface area contributed by atoms with Crippen LogP contribution in [0.3, 0.4) is 0 Å². The van der Waals surface area contributed by atoms with Gasteiger partial charge in [-0.3, -0.25) is 4.79 Å². The van der Waals surface area contributed by atoms with Gasteiger partial charge in [0, 0.05) is 19.2 Å². The van der Waals surface area contributed by atoms with Crippen molar-refractivity contribution in [2.24, 2.45) is 0 Å². The van der Waals surface area contributed by atoms with Crippen LogP contribution >= 0.6 is 0 Å². The Morgan fingerprint density at radius 1 is 1.11 bits per heavy atom. The second kappa shape index (κ2) is 8.76. The second-order valence-corrected chi connectivity index (χ2v) is 5.91. The molecule has 0 saturated heterocycles. The molecule has 0 fully saturated rings. The molecule has 9 nitrogen and oxygen atoms in total. The summed E-state index contributed by atoms with van der Waals surface area (Å²) < 4.78 is 11.8. The molecule has 9 heteroatoms. The minimum atomic E-state index is -0.634. The predicted octanol–water partition coefficient (Wildman–Crippen LogP) is 1.49. The van der Waals surface area contributed by atoms with Gasteiger partial charge in [-0.25, -0.2) is 4.79 Å². The van der Waals surface area contributed by atoms with Crippen LogP contribution in [0.4, 0.5) is 0 Å². The van der Waals surface area contributed by atoms with E-state index in [1.807, 2.05) is 24.3 Å². The molecule has 0 spiro atoms. The molecule has 0 aliphatic heterocycles. The van der Waals surface area contributed by atoms with Gasteiger partial charge in [-0.15, -0.1) is 5.10 Å². The quantitative estimate of drug-likeness (QED) is 0.572. The molecule has 0 aliphatic rings. The maximum Gasteiger partial charge on any atom is 0.340 e. The molecule has 1 amide bonds. The molecule has 1 heterocycles. The van der Waals surface area contributed by atoms with E-state index in [1.54, 1.807) is 38.4 Å². The van der Waals surface area contributed by atoms with Crippen molar-refractivity contribution in [3.8, 4) is 11.4 Å². The van der Waals surface area contributed by atoms with Crippen molar-refractivity contribution in [1.29, 1.82) is 0 Å². The van der Waals surface area contributed by atoms with E-state index in [0.29, 0.717) is 18.0 Å². The summed E-state index contributed by atoms with van der Waals surface area (Å²) in [5.74, 6) is -0.279. The van der Waals surface area contributed by atoms with Crippen molar-refractivity contribution in [3.05, 3.63) is 66.0 Å². The van der Waals surface area contributed by atoms with Crippen LogP contribution in [0, 0.1) is 0 Å². The Hall–Kier alpha value is -3.75. The minimum absolute atomic E-state index is 0.259. The first kappa shape index (κ1) is 19.0. The zero-order valence-corrected chi connectivity index (χ0v) is 15.5. The molecule has 28 heavy (non-hydrogen) atoms. The van der Waals surface area contributed by atoms with Crippen LogP contribution in [0.5, 0.6) is 5.75 Å². The number of hydrogen-bond acceptors (Lipinski definition) is 7. The molecule has 0 bridgehead atoms. The zero-order chi connectivity index (χ0) is 19.9. The number of methoxy groups -OCH3 is 1. The van der Waals surface area contributed by atoms with Gasteiger partial charge in [-0.1, -0.05) is 30.3 Å². The van der Waals surface area contributed by atoms with Gasteiger partial charge < -0.3 is 14.4 Å². The minimum Gasteiger partial charge on any atom is -0.496 e. The number of hydrogen-bond donors (Lipinski definition) is 0. The SMILES string of the molecule is COc1ccccc1CN(C)C(=O)COC(=O)c1ccccc1-n1cnnn1. The second-order valence-electron chi connectivity index (χ2n) is 5.91. The number of tetrazole rings is 1. The van der Waals surface area contributed by atoms with Crippen LogP contribution in [0.15, 0.2) is 54.9 Å². The van der Waals surface area contributed by atoms with Gasteiger partial charge in [0.25, 0.3) is 5.91 Å². The van der Waals surface area contributed by atoms with E-state index in [1.165, 1.54) is 15.9 Å². The first-order chi connectivity index (χ1) is 13.6. The number of amides is 1. The van der Waals surface area contributed by atoms with Gasteiger partial charge in [0.05, 0.1) is 18.4 Å². The number of rotatable bonds is 7. The van der Waals surface area contributed by atoms with Gasteiger partial charge in [0.2, 0.25) is 0 Å². The van der Waals surface area contributed by atoms with Crippen molar-refractivity contribution < 1.29 is 19.1 Å². The lowest BCUT2D eigenvalue weighted by atomic mass is 10.2. The molecule has 3 aromatic rings. The maximum absolute atomic E-state index is 12.5. The average molecular weight is 381 g/mol. The zero-order valence-electron chi connectivity index (χ0n) is 15.5. The molecule has 0 aliphatic carbocycles. The normalized spacial score (nSPS) is 10.4. The third-order valence-corrected chi connectivity index (χ3v) is 4.07. The number of likely N-dealkylation sites (N-methyl/N-ethyl adjacent to an activating group) is 1. The molecular formula is C19H19N5O4. The summed E-state index contributed by atoms with van der Waals surface area (Å²) in [4.78, 5) is 26.3. The molecular weight excluding hydrogens is 362 g/mol. The van der Waals surface area contributed by atoms with Crippen molar-refractivity contribution in [3.63, 3.8) is 0 Å². The summed E-state index contributed by atoms with van der Waals surface area (Å²) in [5.41, 5.74) is 1.58. The molecule has 0 atom stereocenters. The Balaban J connectivity index is 1.63. The first-order valence-corrected chi connectivity index (χ1v) is 8.45. The van der Waals surface area contributed by atoms with Gasteiger partial charge in [0.15, 0.2) is 6.61 Å². The van der Waals surface area contributed by atoms with Gasteiger partial charge in [-0.2, -0.15) is 4.68 Å². The van der Waals surface area contributed by atoms with E-state index in [9.17, 15) is 9.59 Å². The van der Waals surface area contributed by atoms with Crippen LogP contribution in [0.2, 0.25) is 0 Å². The first-order valence-electron chi connectivity index (χ1n) is 8.45. The largest absolute Gasteiger partial charge is 0.496 e. The summed E-state index contributed by atoms with van der Waals surface area (Å²) in [6.07, 6.45) is 1.37. The topological polar surface area (TPSA) is 99.4 Å². The molecule has 144 valence electrons. The monoisotopic (exact) mass is 381 g/mol. The standard InChI is InChI=1S/C19H19N5O4/c1-23(11-14-7-3-6-10-17(14)27-2)18(25)12-28-19(26)15-8-4-5-9-16(15)24-13-20-21-22-24/h3-10,13H,11-12H2,1-2H3. The summed E-state index contributed by atoms with van der Waals surface area (Å²) in [5, 5.41) is 10.9. The van der Waals surface area contributed by atoms with E-state index in [2.05, 4.69) is 15.5 Å². The molecule has 0 unspecified atom stereocenters. The summed E-state index contributed by atoms with van der Waals surface area (Å²) >= 11 is 0. The van der Waals surface area contributed by atoms with Crippen molar-refractivity contribution >= 4 is 11.9 Å². The van der Waals surface area contributed by atoms with Crippen LogP contribution in [0.25, 0.3) is 5.69 Å². The fourth-order valence-corrected chi connectivity index (χ4v) is 2.61. The Labute approximate surface area is 161 Å². The Kier molecular flexibility index (Phi) is 5.95.